The summed E-state index contributed by atoms with van der Waals surface area (Å²) in [7, 11) is 0. The first-order valence-electron chi connectivity index (χ1n) is 7.80. The molecule has 0 aromatic heterocycles. The predicted molar refractivity (Wildman–Crippen MR) is 80.4 cm³/mol. The van der Waals surface area contributed by atoms with E-state index in [1.807, 2.05) is 20.8 Å². The summed E-state index contributed by atoms with van der Waals surface area (Å²) in [6.45, 7) is 9.36. The van der Waals surface area contributed by atoms with E-state index in [9.17, 15) is 9.59 Å². The predicted octanol–water partition coefficient (Wildman–Crippen LogP) is 1.14. The Morgan fingerprint density at radius 3 is 2.40 bits per heavy atom. The van der Waals surface area contributed by atoms with Gasteiger partial charge in [0.25, 0.3) is 0 Å². The average Bonchev–Trinajstić information content (AvgIpc) is 2.44. The van der Waals surface area contributed by atoms with E-state index >= 15 is 0 Å². The van der Waals surface area contributed by atoms with Crippen LogP contribution in [0.4, 0.5) is 0 Å². The molecule has 0 aromatic rings. The van der Waals surface area contributed by atoms with Gasteiger partial charge in [-0.1, -0.05) is 20.8 Å². The van der Waals surface area contributed by atoms with Gasteiger partial charge < -0.3 is 15.5 Å². The monoisotopic (exact) mass is 283 g/mol. The van der Waals surface area contributed by atoms with Gasteiger partial charge in [0.15, 0.2) is 0 Å². The normalized spacial score (nSPS) is 17.6. The van der Waals surface area contributed by atoms with Crippen molar-refractivity contribution in [3.63, 3.8) is 0 Å². The third-order valence-electron chi connectivity index (χ3n) is 3.91. The van der Waals surface area contributed by atoms with Crippen molar-refractivity contribution in [2.75, 3.05) is 32.7 Å². The lowest BCUT2D eigenvalue weighted by atomic mass is 9.79. The highest BCUT2D eigenvalue weighted by molar-refractivity contribution is 5.87. The first-order chi connectivity index (χ1) is 9.53. The second kappa shape index (κ2) is 8.25. The van der Waals surface area contributed by atoms with Crippen molar-refractivity contribution in [3.05, 3.63) is 0 Å². The second-order valence-corrected chi connectivity index (χ2v) is 5.89. The fraction of sp³-hybridized carbons (Fsp3) is 0.867. The summed E-state index contributed by atoms with van der Waals surface area (Å²) in [5, 5.41) is 6.13. The Bertz CT molecular complexity index is 325. The maximum atomic E-state index is 12.7. The topological polar surface area (TPSA) is 61.4 Å². The van der Waals surface area contributed by atoms with Crippen molar-refractivity contribution in [2.45, 2.75) is 46.5 Å². The maximum Gasteiger partial charge on any atom is 0.239 e. The first kappa shape index (κ1) is 17.0. The minimum Gasteiger partial charge on any atom is -0.355 e. The highest BCUT2D eigenvalue weighted by Gasteiger charge is 2.37. The smallest absolute Gasteiger partial charge is 0.239 e. The fourth-order valence-corrected chi connectivity index (χ4v) is 2.59. The number of amides is 2. The zero-order valence-electron chi connectivity index (χ0n) is 13.1. The molecule has 0 aromatic carbocycles. The van der Waals surface area contributed by atoms with Crippen LogP contribution in [0.25, 0.3) is 0 Å². The van der Waals surface area contributed by atoms with Gasteiger partial charge in [0.05, 0.1) is 6.54 Å². The zero-order valence-corrected chi connectivity index (χ0v) is 13.1. The molecule has 2 N–H and O–H groups in total. The second-order valence-electron chi connectivity index (χ2n) is 5.89. The van der Waals surface area contributed by atoms with Gasteiger partial charge in [-0.3, -0.25) is 9.59 Å². The molecule has 20 heavy (non-hydrogen) atoms. The summed E-state index contributed by atoms with van der Waals surface area (Å²) in [6, 6.07) is 0. The number of piperidine rings is 1. The minimum absolute atomic E-state index is 0.0498. The van der Waals surface area contributed by atoms with Crippen LogP contribution < -0.4 is 10.6 Å². The Labute approximate surface area is 122 Å². The van der Waals surface area contributed by atoms with E-state index in [0.717, 1.165) is 38.8 Å². The van der Waals surface area contributed by atoms with Crippen molar-refractivity contribution >= 4 is 11.8 Å². The van der Waals surface area contributed by atoms with Gasteiger partial charge in [0.1, 0.15) is 0 Å². The quantitative estimate of drug-likeness (QED) is 0.736. The standard InChI is InChI=1S/C15H29N3O2/c1-4-8-17-13(19)12-18(11-5-2)14(20)15(3)6-9-16-10-7-15/h16H,4-12H2,1-3H3,(H,17,19). The number of nitrogens with zero attached hydrogens (tertiary/aromatic N) is 1. The van der Waals surface area contributed by atoms with Crippen LogP contribution in [0, 0.1) is 5.41 Å². The molecule has 0 saturated carbocycles. The SMILES string of the molecule is CCCNC(=O)CN(CCC)C(=O)C1(C)CCNCC1. The van der Waals surface area contributed by atoms with Crippen LogP contribution in [0.5, 0.6) is 0 Å². The molecule has 0 bridgehead atoms. The molecule has 0 radical (unpaired) electrons. The lowest BCUT2D eigenvalue weighted by molar-refractivity contribution is -0.145. The van der Waals surface area contributed by atoms with Crippen LogP contribution in [0.1, 0.15) is 46.5 Å². The van der Waals surface area contributed by atoms with E-state index in [0.29, 0.717) is 13.1 Å². The molecule has 1 aliphatic rings. The Kier molecular flexibility index (Phi) is 6.99. The third kappa shape index (κ3) is 4.78. The van der Waals surface area contributed by atoms with Gasteiger partial charge in [-0.05, 0) is 38.8 Å². The van der Waals surface area contributed by atoms with E-state index in [1.54, 1.807) is 4.90 Å². The van der Waals surface area contributed by atoms with Gasteiger partial charge in [-0.2, -0.15) is 0 Å². The molecular formula is C15H29N3O2. The molecule has 1 saturated heterocycles. The van der Waals surface area contributed by atoms with Crippen molar-refractivity contribution in [3.8, 4) is 0 Å². The minimum atomic E-state index is -0.314. The molecule has 5 nitrogen and oxygen atoms in total. The number of rotatable bonds is 7. The van der Waals surface area contributed by atoms with Gasteiger partial charge in [0, 0.05) is 18.5 Å². The van der Waals surface area contributed by atoms with Crippen molar-refractivity contribution in [2.24, 2.45) is 5.41 Å². The largest absolute Gasteiger partial charge is 0.355 e. The molecule has 0 aliphatic carbocycles. The van der Waals surface area contributed by atoms with E-state index in [4.69, 9.17) is 0 Å². The van der Waals surface area contributed by atoms with E-state index in [2.05, 4.69) is 10.6 Å². The summed E-state index contributed by atoms with van der Waals surface area (Å²) in [5.41, 5.74) is -0.314. The van der Waals surface area contributed by atoms with Crippen LogP contribution in [-0.2, 0) is 9.59 Å². The molecule has 0 atom stereocenters. The molecule has 5 heteroatoms. The molecule has 1 heterocycles. The summed E-state index contributed by atoms with van der Waals surface area (Å²) in [6.07, 6.45) is 3.49. The maximum absolute atomic E-state index is 12.7. The Balaban J connectivity index is 2.63. The van der Waals surface area contributed by atoms with E-state index < -0.39 is 0 Å². The fourth-order valence-electron chi connectivity index (χ4n) is 2.59. The number of hydrogen-bond donors (Lipinski definition) is 2. The molecule has 116 valence electrons. The van der Waals surface area contributed by atoms with Gasteiger partial charge in [-0.15, -0.1) is 0 Å². The summed E-state index contributed by atoms with van der Waals surface area (Å²) in [5.74, 6) is 0.0821. The van der Waals surface area contributed by atoms with Crippen LogP contribution in [0.3, 0.4) is 0 Å². The Morgan fingerprint density at radius 2 is 1.85 bits per heavy atom. The number of carbonyl (C=O) groups is 2. The first-order valence-corrected chi connectivity index (χ1v) is 7.80. The molecule has 0 spiro atoms. The summed E-state index contributed by atoms with van der Waals surface area (Å²) < 4.78 is 0. The van der Waals surface area contributed by atoms with Crippen LogP contribution in [0.15, 0.2) is 0 Å². The molecule has 1 fully saturated rings. The third-order valence-corrected chi connectivity index (χ3v) is 3.91. The molecule has 1 rings (SSSR count). The highest BCUT2D eigenvalue weighted by atomic mass is 16.2. The Morgan fingerprint density at radius 1 is 1.20 bits per heavy atom. The summed E-state index contributed by atoms with van der Waals surface area (Å²) in [4.78, 5) is 26.3. The van der Waals surface area contributed by atoms with Crippen LogP contribution in [-0.4, -0.2) is 49.4 Å². The van der Waals surface area contributed by atoms with Gasteiger partial charge in [-0.25, -0.2) is 0 Å². The Hall–Kier alpha value is -1.10. The van der Waals surface area contributed by atoms with Crippen molar-refractivity contribution < 1.29 is 9.59 Å². The highest BCUT2D eigenvalue weighted by Crippen LogP contribution is 2.30. The summed E-state index contributed by atoms with van der Waals surface area (Å²) >= 11 is 0. The average molecular weight is 283 g/mol. The van der Waals surface area contributed by atoms with E-state index in [1.165, 1.54) is 0 Å². The lowest BCUT2D eigenvalue weighted by Gasteiger charge is -2.37. The van der Waals surface area contributed by atoms with Crippen LogP contribution in [0.2, 0.25) is 0 Å². The number of hydrogen-bond acceptors (Lipinski definition) is 3. The van der Waals surface area contributed by atoms with Crippen molar-refractivity contribution in [1.82, 2.24) is 15.5 Å². The molecule has 0 unspecified atom stereocenters. The molecule has 2 amide bonds. The van der Waals surface area contributed by atoms with Crippen molar-refractivity contribution in [1.29, 1.82) is 0 Å². The number of carbonyl (C=O) groups excluding carboxylic acids is 2. The zero-order chi connectivity index (χ0) is 15.0. The van der Waals surface area contributed by atoms with Crippen LogP contribution >= 0.6 is 0 Å². The lowest BCUT2D eigenvalue weighted by Crippen LogP contribution is -2.50. The van der Waals surface area contributed by atoms with Gasteiger partial charge in [0.2, 0.25) is 11.8 Å². The van der Waals surface area contributed by atoms with E-state index in [-0.39, 0.29) is 23.8 Å². The van der Waals surface area contributed by atoms with Gasteiger partial charge >= 0.3 is 0 Å². The number of nitrogens with one attached hydrogen (secondary N) is 2. The molecule has 1 aliphatic heterocycles. The molecular weight excluding hydrogens is 254 g/mol.